The van der Waals surface area contributed by atoms with Gasteiger partial charge < -0.3 is 14.8 Å². The van der Waals surface area contributed by atoms with Gasteiger partial charge in [0.05, 0.1) is 19.1 Å². The summed E-state index contributed by atoms with van der Waals surface area (Å²) in [6.45, 7) is 8.94. The number of rotatable bonds is 8. The van der Waals surface area contributed by atoms with Crippen molar-refractivity contribution in [3.05, 3.63) is 35.9 Å². The van der Waals surface area contributed by atoms with Crippen molar-refractivity contribution in [2.24, 2.45) is 11.8 Å². The van der Waals surface area contributed by atoms with Gasteiger partial charge in [0.2, 0.25) is 0 Å². The molecule has 1 aromatic carbocycles. The number of ketones is 1. The molecule has 1 rings (SSSR count). The second kappa shape index (κ2) is 10.1. The Balaban J connectivity index is 2.85. The van der Waals surface area contributed by atoms with Crippen molar-refractivity contribution in [1.82, 2.24) is 5.32 Å². The number of alkyl carbamates (subject to hydrolysis) is 1. The minimum atomic E-state index is -0.734. The first kappa shape index (κ1) is 22.7. The third-order valence-corrected chi connectivity index (χ3v) is 3.99. The van der Waals surface area contributed by atoms with E-state index in [0.717, 1.165) is 5.56 Å². The van der Waals surface area contributed by atoms with E-state index in [1.54, 1.807) is 20.8 Å². The average Bonchev–Trinajstić information content (AvgIpc) is 2.57. The van der Waals surface area contributed by atoms with Crippen molar-refractivity contribution in [1.29, 1.82) is 0 Å². The van der Waals surface area contributed by atoms with E-state index in [-0.39, 0.29) is 18.1 Å². The van der Waals surface area contributed by atoms with Crippen LogP contribution in [0, 0.1) is 11.8 Å². The van der Waals surface area contributed by atoms with Crippen molar-refractivity contribution in [2.75, 3.05) is 7.11 Å². The highest BCUT2D eigenvalue weighted by Gasteiger charge is 2.31. The molecule has 0 saturated carbocycles. The van der Waals surface area contributed by atoms with Crippen molar-refractivity contribution in [3.8, 4) is 0 Å². The number of carbonyl (C=O) groups is 3. The lowest BCUT2D eigenvalue weighted by Crippen LogP contribution is -2.47. The highest BCUT2D eigenvalue weighted by atomic mass is 16.6. The topological polar surface area (TPSA) is 81.7 Å². The van der Waals surface area contributed by atoms with Gasteiger partial charge in [-0.05, 0) is 38.7 Å². The van der Waals surface area contributed by atoms with Crippen LogP contribution in [0.15, 0.2) is 30.3 Å². The maximum atomic E-state index is 12.8. The van der Waals surface area contributed by atoms with E-state index in [4.69, 9.17) is 9.47 Å². The summed E-state index contributed by atoms with van der Waals surface area (Å²) in [5.74, 6) is -1.40. The highest BCUT2D eigenvalue weighted by Crippen LogP contribution is 2.18. The van der Waals surface area contributed by atoms with Gasteiger partial charge >= 0.3 is 12.1 Å². The molecule has 0 aliphatic heterocycles. The zero-order valence-corrected chi connectivity index (χ0v) is 17.1. The van der Waals surface area contributed by atoms with Gasteiger partial charge in [-0.3, -0.25) is 9.59 Å². The fourth-order valence-corrected chi connectivity index (χ4v) is 2.73. The second-order valence-corrected chi connectivity index (χ2v) is 7.95. The Morgan fingerprint density at radius 2 is 1.67 bits per heavy atom. The molecule has 0 radical (unpaired) electrons. The number of hydrogen-bond donors (Lipinski definition) is 1. The normalized spacial score (nSPS) is 13.6. The van der Waals surface area contributed by atoms with Crippen LogP contribution in [-0.4, -0.2) is 36.6 Å². The number of amides is 1. The van der Waals surface area contributed by atoms with Crippen LogP contribution in [-0.2, 0) is 25.5 Å². The summed E-state index contributed by atoms with van der Waals surface area (Å²) >= 11 is 0. The maximum absolute atomic E-state index is 12.8. The highest BCUT2D eigenvalue weighted by molar-refractivity contribution is 5.90. The number of esters is 1. The van der Waals surface area contributed by atoms with E-state index in [9.17, 15) is 14.4 Å². The summed E-state index contributed by atoms with van der Waals surface area (Å²) in [6.07, 6.45) is -0.260. The SMILES string of the molecule is COC(=O)[C@@H](CC(=O)[C@@H](NC(=O)OC(C)(C)C)C(C)C)Cc1ccccc1. The fraction of sp³-hybridized carbons (Fsp3) is 0.571. The molecule has 0 aromatic heterocycles. The van der Waals surface area contributed by atoms with E-state index in [0.29, 0.717) is 6.42 Å². The first-order chi connectivity index (χ1) is 12.5. The Morgan fingerprint density at radius 3 is 2.15 bits per heavy atom. The predicted molar refractivity (Wildman–Crippen MR) is 103 cm³/mol. The third-order valence-electron chi connectivity index (χ3n) is 3.99. The van der Waals surface area contributed by atoms with Crippen molar-refractivity contribution in [2.45, 2.75) is 59.1 Å². The van der Waals surface area contributed by atoms with Crippen LogP contribution in [0.2, 0.25) is 0 Å². The number of methoxy groups -OCH3 is 1. The van der Waals surface area contributed by atoms with Gasteiger partial charge in [0, 0.05) is 6.42 Å². The summed E-state index contributed by atoms with van der Waals surface area (Å²) in [5.41, 5.74) is 0.290. The minimum absolute atomic E-state index is 0.0137. The molecule has 0 aliphatic carbocycles. The number of hydrogen-bond acceptors (Lipinski definition) is 5. The van der Waals surface area contributed by atoms with E-state index >= 15 is 0 Å². The second-order valence-electron chi connectivity index (χ2n) is 7.95. The van der Waals surface area contributed by atoms with Crippen LogP contribution < -0.4 is 5.32 Å². The quantitative estimate of drug-likeness (QED) is 0.701. The van der Waals surface area contributed by atoms with Gasteiger partial charge in [0.1, 0.15) is 5.60 Å². The summed E-state index contributed by atoms with van der Waals surface area (Å²) in [5, 5.41) is 2.64. The molecule has 0 fully saturated rings. The first-order valence-electron chi connectivity index (χ1n) is 9.17. The zero-order valence-electron chi connectivity index (χ0n) is 17.1. The molecular formula is C21H31NO5. The van der Waals surface area contributed by atoms with Crippen LogP contribution in [0.25, 0.3) is 0 Å². The lowest BCUT2D eigenvalue weighted by atomic mass is 9.89. The van der Waals surface area contributed by atoms with Crippen LogP contribution in [0.5, 0.6) is 0 Å². The maximum Gasteiger partial charge on any atom is 0.408 e. The van der Waals surface area contributed by atoms with E-state index in [1.807, 2.05) is 44.2 Å². The third kappa shape index (κ3) is 8.24. The molecule has 0 spiro atoms. The average molecular weight is 377 g/mol. The van der Waals surface area contributed by atoms with Gasteiger partial charge in [-0.2, -0.15) is 0 Å². The van der Waals surface area contributed by atoms with Gasteiger partial charge in [0.25, 0.3) is 0 Å². The van der Waals surface area contributed by atoms with E-state index < -0.39 is 29.6 Å². The molecule has 6 nitrogen and oxygen atoms in total. The molecule has 1 aromatic rings. The Bertz CT molecular complexity index is 634. The summed E-state index contributed by atoms with van der Waals surface area (Å²) < 4.78 is 10.1. The fourth-order valence-electron chi connectivity index (χ4n) is 2.73. The lowest BCUT2D eigenvalue weighted by molar-refractivity contribution is -0.147. The van der Waals surface area contributed by atoms with Crippen molar-refractivity contribution >= 4 is 17.8 Å². The van der Waals surface area contributed by atoms with Gasteiger partial charge in [0.15, 0.2) is 5.78 Å². The Hall–Kier alpha value is -2.37. The van der Waals surface area contributed by atoms with Crippen molar-refractivity contribution < 1.29 is 23.9 Å². The summed E-state index contributed by atoms with van der Waals surface area (Å²) in [4.78, 5) is 37.1. The van der Waals surface area contributed by atoms with Crippen molar-refractivity contribution in [3.63, 3.8) is 0 Å². The minimum Gasteiger partial charge on any atom is -0.469 e. The summed E-state index contributed by atoms with van der Waals surface area (Å²) in [6, 6.07) is 8.72. The molecule has 0 saturated heterocycles. The number of Topliss-reactive ketones (excluding diaryl/α,β-unsaturated/α-hetero) is 1. The molecule has 1 amide bonds. The standard InChI is InChI=1S/C21H31NO5/c1-14(2)18(22-20(25)27-21(3,4)5)17(23)13-16(19(24)26-6)12-15-10-8-7-9-11-15/h7-11,14,16,18H,12-13H2,1-6H3,(H,22,25)/t16-,18+/m1/s1. The monoisotopic (exact) mass is 377 g/mol. The Kier molecular flexibility index (Phi) is 8.47. The van der Waals surface area contributed by atoms with Gasteiger partial charge in [-0.25, -0.2) is 4.79 Å². The molecule has 0 heterocycles. The number of ether oxygens (including phenoxy) is 2. The van der Waals surface area contributed by atoms with E-state index in [1.165, 1.54) is 7.11 Å². The predicted octanol–water partition coefficient (Wildman–Crippen LogP) is 3.53. The Labute approximate surface area is 161 Å². The van der Waals surface area contributed by atoms with Gasteiger partial charge in [-0.15, -0.1) is 0 Å². The Morgan fingerprint density at radius 1 is 1.07 bits per heavy atom. The molecule has 27 heavy (non-hydrogen) atoms. The smallest absolute Gasteiger partial charge is 0.408 e. The van der Waals surface area contributed by atoms with Gasteiger partial charge in [-0.1, -0.05) is 44.2 Å². The zero-order chi connectivity index (χ0) is 20.6. The largest absolute Gasteiger partial charge is 0.469 e. The molecule has 0 unspecified atom stereocenters. The molecule has 0 bridgehead atoms. The molecule has 2 atom stereocenters. The molecular weight excluding hydrogens is 346 g/mol. The van der Waals surface area contributed by atoms with Crippen LogP contribution in [0.1, 0.15) is 46.6 Å². The van der Waals surface area contributed by atoms with Crippen LogP contribution in [0.4, 0.5) is 4.79 Å². The number of benzene rings is 1. The van der Waals surface area contributed by atoms with Crippen LogP contribution in [0.3, 0.4) is 0 Å². The molecule has 0 aliphatic rings. The molecule has 150 valence electrons. The molecule has 1 N–H and O–H groups in total. The van der Waals surface area contributed by atoms with Crippen LogP contribution >= 0.6 is 0 Å². The summed E-state index contributed by atoms with van der Waals surface area (Å²) in [7, 11) is 1.31. The lowest BCUT2D eigenvalue weighted by Gasteiger charge is -2.26. The van der Waals surface area contributed by atoms with E-state index in [2.05, 4.69) is 5.32 Å². The number of carbonyl (C=O) groups excluding carboxylic acids is 3. The molecule has 6 heteroatoms. The number of nitrogens with one attached hydrogen (secondary N) is 1. The first-order valence-corrected chi connectivity index (χ1v) is 9.17.